The molecule has 0 saturated heterocycles. The first-order chi connectivity index (χ1) is 15.5. The van der Waals surface area contributed by atoms with Gasteiger partial charge in [-0.05, 0) is 47.2 Å². The molecule has 0 aliphatic rings. The lowest BCUT2D eigenvalue weighted by molar-refractivity contribution is -0.113. The number of thiophene rings is 1. The molecule has 0 bridgehead atoms. The molecule has 0 spiro atoms. The van der Waals surface area contributed by atoms with Crippen LogP contribution < -0.4 is 15.6 Å². The van der Waals surface area contributed by atoms with Gasteiger partial charge in [-0.15, -0.1) is 11.3 Å². The number of fused-ring (bicyclic) bond motifs is 1. The molecule has 1 amide bonds. The van der Waals surface area contributed by atoms with E-state index in [1.165, 1.54) is 27.7 Å². The zero-order valence-electron chi connectivity index (χ0n) is 18.0. The van der Waals surface area contributed by atoms with Crippen LogP contribution in [0.2, 0.25) is 0 Å². The highest BCUT2D eigenvalue weighted by molar-refractivity contribution is 7.99. The van der Waals surface area contributed by atoms with Gasteiger partial charge in [0, 0.05) is 5.69 Å². The topological polar surface area (TPSA) is 73.2 Å². The third-order valence-electron chi connectivity index (χ3n) is 4.94. The summed E-state index contributed by atoms with van der Waals surface area (Å²) in [4.78, 5) is 30.6. The van der Waals surface area contributed by atoms with E-state index in [2.05, 4.69) is 24.1 Å². The Morgan fingerprint density at radius 3 is 2.78 bits per heavy atom. The number of benzene rings is 2. The Hall–Kier alpha value is -3.10. The van der Waals surface area contributed by atoms with E-state index in [1.807, 2.05) is 53.9 Å². The number of ether oxygens (including phenoxy) is 1. The van der Waals surface area contributed by atoms with Gasteiger partial charge in [-0.2, -0.15) is 0 Å². The van der Waals surface area contributed by atoms with E-state index in [0.29, 0.717) is 32.7 Å². The standard InChI is InChI=1S/C24H23N3O3S2/c1-15(2)16-7-6-8-17(13-16)25-21(28)14-32-24-26-18-11-12-31-22(18)23(29)27(24)19-9-4-5-10-20(19)30-3/h4-13,15H,14H2,1-3H3,(H,25,28). The number of anilines is 1. The Labute approximate surface area is 194 Å². The fourth-order valence-corrected chi connectivity index (χ4v) is 4.88. The van der Waals surface area contributed by atoms with Crippen LogP contribution >= 0.6 is 23.1 Å². The molecule has 2 heterocycles. The van der Waals surface area contributed by atoms with Crippen LogP contribution in [0.25, 0.3) is 15.9 Å². The van der Waals surface area contributed by atoms with Crippen LogP contribution in [-0.2, 0) is 4.79 Å². The van der Waals surface area contributed by atoms with Gasteiger partial charge in [-0.1, -0.05) is 49.9 Å². The summed E-state index contributed by atoms with van der Waals surface area (Å²) in [5, 5.41) is 5.22. The molecule has 0 radical (unpaired) electrons. The summed E-state index contributed by atoms with van der Waals surface area (Å²) >= 11 is 2.57. The van der Waals surface area contributed by atoms with E-state index in [1.54, 1.807) is 13.2 Å². The van der Waals surface area contributed by atoms with Crippen molar-refractivity contribution in [1.82, 2.24) is 9.55 Å². The number of nitrogens with one attached hydrogen (secondary N) is 1. The van der Waals surface area contributed by atoms with E-state index >= 15 is 0 Å². The molecule has 0 atom stereocenters. The number of thioether (sulfide) groups is 1. The van der Waals surface area contributed by atoms with E-state index in [-0.39, 0.29) is 17.2 Å². The molecular weight excluding hydrogens is 442 g/mol. The van der Waals surface area contributed by atoms with Gasteiger partial charge >= 0.3 is 0 Å². The fourth-order valence-electron chi connectivity index (χ4n) is 3.32. The molecule has 2 aromatic carbocycles. The Kier molecular flexibility index (Phi) is 6.62. The van der Waals surface area contributed by atoms with E-state index in [4.69, 9.17) is 4.74 Å². The quantitative estimate of drug-likeness (QED) is 0.296. The van der Waals surface area contributed by atoms with E-state index in [9.17, 15) is 9.59 Å². The van der Waals surface area contributed by atoms with Crippen LogP contribution in [0.15, 0.2) is 69.9 Å². The van der Waals surface area contributed by atoms with Gasteiger partial charge in [0.05, 0.1) is 24.1 Å². The van der Waals surface area contributed by atoms with Crippen molar-refractivity contribution in [2.75, 3.05) is 18.2 Å². The number of hydrogen-bond donors (Lipinski definition) is 1. The Bertz CT molecular complexity index is 1330. The summed E-state index contributed by atoms with van der Waals surface area (Å²) in [6.45, 7) is 4.22. The molecule has 4 rings (SSSR count). The van der Waals surface area contributed by atoms with Crippen LogP contribution in [-0.4, -0.2) is 28.3 Å². The molecule has 8 heteroatoms. The number of methoxy groups -OCH3 is 1. The number of carbonyl (C=O) groups excluding carboxylic acids is 1. The molecule has 6 nitrogen and oxygen atoms in total. The van der Waals surface area contributed by atoms with Crippen LogP contribution in [0, 0.1) is 0 Å². The number of aromatic nitrogens is 2. The van der Waals surface area contributed by atoms with Crippen molar-refractivity contribution < 1.29 is 9.53 Å². The molecule has 2 aromatic heterocycles. The molecule has 0 aliphatic heterocycles. The predicted octanol–water partition coefficient (Wildman–Crippen LogP) is 5.31. The molecule has 0 saturated carbocycles. The monoisotopic (exact) mass is 465 g/mol. The van der Waals surface area contributed by atoms with E-state index < -0.39 is 0 Å². The van der Waals surface area contributed by atoms with Crippen molar-refractivity contribution >= 4 is 44.9 Å². The van der Waals surface area contributed by atoms with Gasteiger partial charge < -0.3 is 10.1 Å². The first-order valence-corrected chi connectivity index (χ1v) is 12.0. The van der Waals surface area contributed by atoms with Crippen LogP contribution in [0.4, 0.5) is 5.69 Å². The third-order valence-corrected chi connectivity index (χ3v) is 6.77. The maximum Gasteiger partial charge on any atom is 0.276 e. The minimum absolute atomic E-state index is 0.114. The highest BCUT2D eigenvalue weighted by Gasteiger charge is 2.18. The number of hydrogen-bond acceptors (Lipinski definition) is 6. The van der Waals surface area contributed by atoms with Gasteiger partial charge in [0.2, 0.25) is 5.91 Å². The molecule has 4 aromatic rings. The molecule has 0 aliphatic carbocycles. The maximum atomic E-state index is 13.3. The third kappa shape index (κ3) is 4.56. The van der Waals surface area contributed by atoms with Crippen molar-refractivity contribution in [3.8, 4) is 11.4 Å². The summed E-state index contributed by atoms with van der Waals surface area (Å²) in [5.74, 6) is 0.882. The van der Waals surface area contributed by atoms with Crippen molar-refractivity contribution in [2.24, 2.45) is 0 Å². The second kappa shape index (κ2) is 9.58. The zero-order chi connectivity index (χ0) is 22.7. The SMILES string of the molecule is COc1ccccc1-n1c(SCC(=O)Nc2cccc(C(C)C)c2)nc2ccsc2c1=O. The van der Waals surface area contributed by atoms with E-state index in [0.717, 1.165) is 11.3 Å². The minimum Gasteiger partial charge on any atom is -0.495 e. The second-order valence-corrected chi connectivity index (χ2v) is 9.32. The molecule has 32 heavy (non-hydrogen) atoms. The van der Waals surface area contributed by atoms with Gasteiger partial charge in [0.1, 0.15) is 10.4 Å². The van der Waals surface area contributed by atoms with Gasteiger partial charge in [-0.25, -0.2) is 4.98 Å². The lowest BCUT2D eigenvalue weighted by Gasteiger charge is -2.15. The zero-order valence-corrected chi connectivity index (χ0v) is 19.6. The summed E-state index contributed by atoms with van der Waals surface area (Å²) in [7, 11) is 1.56. The number of amides is 1. The molecule has 164 valence electrons. The van der Waals surface area contributed by atoms with Gasteiger partial charge in [0.25, 0.3) is 5.56 Å². The number of carbonyl (C=O) groups is 1. The fraction of sp³-hybridized carbons (Fsp3) is 0.208. The predicted molar refractivity (Wildman–Crippen MR) is 132 cm³/mol. The molecule has 1 N–H and O–H groups in total. The minimum atomic E-state index is -0.179. The summed E-state index contributed by atoms with van der Waals surface area (Å²) < 4.78 is 7.55. The molecular formula is C24H23N3O3S2. The number of para-hydroxylation sites is 2. The first kappa shape index (κ1) is 22.1. The van der Waals surface area contributed by atoms with Crippen molar-refractivity contribution in [3.05, 3.63) is 75.9 Å². The van der Waals surface area contributed by atoms with Gasteiger partial charge in [0.15, 0.2) is 5.16 Å². The van der Waals surface area contributed by atoms with Crippen LogP contribution in [0.5, 0.6) is 5.75 Å². The Morgan fingerprint density at radius 1 is 1.19 bits per heavy atom. The average Bonchev–Trinajstić information content (AvgIpc) is 3.27. The first-order valence-electron chi connectivity index (χ1n) is 10.1. The second-order valence-electron chi connectivity index (χ2n) is 7.46. The van der Waals surface area contributed by atoms with Crippen molar-refractivity contribution in [2.45, 2.75) is 24.9 Å². The normalized spacial score (nSPS) is 11.1. The summed E-state index contributed by atoms with van der Waals surface area (Å²) in [6, 6.07) is 16.9. The summed E-state index contributed by atoms with van der Waals surface area (Å²) in [5.41, 5.74) is 2.95. The highest BCUT2D eigenvalue weighted by atomic mass is 32.2. The van der Waals surface area contributed by atoms with Gasteiger partial charge in [-0.3, -0.25) is 14.2 Å². The average molecular weight is 466 g/mol. The number of nitrogens with zero attached hydrogens (tertiary/aromatic N) is 2. The van der Waals surface area contributed by atoms with Crippen molar-refractivity contribution in [3.63, 3.8) is 0 Å². The Balaban J connectivity index is 1.64. The number of rotatable bonds is 7. The lowest BCUT2D eigenvalue weighted by Crippen LogP contribution is -2.22. The lowest BCUT2D eigenvalue weighted by atomic mass is 10.0. The van der Waals surface area contributed by atoms with Crippen molar-refractivity contribution in [1.29, 1.82) is 0 Å². The smallest absolute Gasteiger partial charge is 0.276 e. The summed E-state index contributed by atoms with van der Waals surface area (Å²) in [6.07, 6.45) is 0. The Morgan fingerprint density at radius 2 is 2.00 bits per heavy atom. The van der Waals surface area contributed by atoms with Crippen LogP contribution in [0.3, 0.4) is 0 Å². The van der Waals surface area contributed by atoms with Crippen LogP contribution in [0.1, 0.15) is 25.3 Å². The molecule has 0 unspecified atom stereocenters. The highest BCUT2D eigenvalue weighted by Crippen LogP contribution is 2.28. The largest absolute Gasteiger partial charge is 0.495 e. The maximum absolute atomic E-state index is 13.3. The molecule has 0 fully saturated rings.